The maximum Gasteiger partial charge on any atom is 0.408 e. The second kappa shape index (κ2) is 6.47. The predicted octanol–water partition coefficient (Wildman–Crippen LogP) is 2.47. The standard InChI is InChI=1S/C15H21NO5/c1-9(10-5-7-11(17)8-6-10)12(13(18)19)16-14(20)21-15(2,3)4/h5-9,12,17H,1-4H3,(H,16,20)(H,18,19)/t9-,12-/m0/s1. The predicted molar refractivity (Wildman–Crippen MR) is 77.3 cm³/mol. The van der Waals surface area contributed by atoms with E-state index in [1.807, 2.05) is 0 Å². The number of rotatable bonds is 4. The number of nitrogens with one attached hydrogen (secondary N) is 1. The van der Waals surface area contributed by atoms with Gasteiger partial charge >= 0.3 is 12.1 Å². The number of benzene rings is 1. The van der Waals surface area contributed by atoms with Crippen molar-refractivity contribution in [2.24, 2.45) is 0 Å². The molecule has 0 saturated heterocycles. The molecule has 0 saturated carbocycles. The van der Waals surface area contributed by atoms with Gasteiger partial charge < -0.3 is 20.3 Å². The molecule has 2 atom stereocenters. The van der Waals surface area contributed by atoms with Gasteiger partial charge in [-0.25, -0.2) is 9.59 Å². The summed E-state index contributed by atoms with van der Waals surface area (Å²) in [5.41, 5.74) is -0.00851. The van der Waals surface area contributed by atoms with E-state index in [9.17, 15) is 19.8 Å². The van der Waals surface area contributed by atoms with Crippen molar-refractivity contribution < 1.29 is 24.5 Å². The van der Waals surface area contributed by atoms with Gasteiger partial charge in [0.15, 0.2) is 0 Å². The molecule has 0 unspecified atom stereocenters. The van der Waals surface area contributed by atoms with E-state index in [1.165, 1.54) is 12.1 Å². The number of ether oxygens (including phenoxy) is 1. The first-order chi connectivity index (χ1) is 9.60. The quantitative estimate of drug-likeness (QED) is 0.793. The lowest BCUT2D eigenvalue weighted by Gasteiger charge is -2.25. The molecule has 1 rings (SSSR count). The third kappa shape index (κ3) is 5.33. The average Bonchev–Trinajstić information content (AvgIpc) is 2.33. The molecule has 21 heavy (non-hydrogen) atoms. The van der Waals surface area contributed by atoms with Gasteiger partial charge in [-0.1, -0.05) is 19.1 Å². The summed E-state index contributed by atoms with van der Waals surface area (Å²) >= 11 is 0. The molecule has 0 radical (unpaired) electrons. The Hall–Kier alpha value is -2.24. The van der Waals surface area contributed by atoms with Crippen LogP contribution in [0.3, 0.4) is 0 Å². The van der Waals surface area contributed by atoms with Gasteiger partial charge in [0.2, 0.25) is 0 Å². The molecular formula is C15H21NO5. The molecule has 1 aromatic rings. The minimum absolute atomic E-state index is 0.0953. The molecule has 0 bridgehead atoms. The number of aliphatic carboxylic acids is 1. The zero-order valence-electron chi connectivity index (χ0n) is 12.6. The van der Waals surface area contributed by atoms with E-state index < -0.39 is 29.6 Å². The van der Waals surface area contributed by atoms with Crippen LogP contribution in [0, 0.1) is 0 Å². The summed E-state index contributed by atoms with van der Waals surface area (Å²) in [5.74, 6) is -1.53. The minimum atomic E-state index is -1.15. The molecule has 0 aliphatic heterocycles. The molecule has 6 heteroatoms. The number of hydrogen-bond acceptors (Lipinski definition) is 4. The number of phenolic OH excluding ortho intramolecular Hbond substituents is 1. The van der Waals surface area contributed by atoms with E-state index in [0.717, 1.165) is 0 Å². The molecule has 0 spiro atoms. The van der Waals surface area contributed by atoms with E-state index >= 15 is 0 Å². The number of carbonyl (C=O) groups is 2. The highest BCUT2D eigenvalue weighted by Gasteiger charge is 2.29. The lowest BCUT2D eigenvalue weighted by molar-refractivity contribution is -0.140. The van der Waals surface area contributed by atoms with Crippen LogP contribution < -0.4 is 5.32 Å². The summed E-state index contributed by atoms with van der Waals surface area (Å²) in [6, 6.07) is 5.06. The van der Waals surface area contributed by atoms with Gasteiger partial charge in [0.25, 0.3) is 0 Å². The third-order valence-electron chi connectivity index (χ3n) is 2.86. The molecule has 0 aliphatic carbocycles. The number of carboxylic acid groups (broad SMARTS) is 1. The summed E-state index contributed by atoms with van der Waals surface area (Å²) in [6.07, 6.45) is -0.777. The van der Waals surface area contributed by atoms with Crippen LogP contribution in [0.15, 0.2) is 24.3 Å². The van der Waals surface area contributed by atoms with Crippen LogP contribution in [0.2, 0.25) is 0 Å². The van der Waals surface area contributed by atoms with E-state index in [-0.39, 0.29) is 5.75 Å². The van der Waals surface area contributed by atoms with E-state index in [4.69, 9.17) is 4.74 Å². The summed E-state index contributed by atoms with van der Waals surface area (Å²) < 4.78 is 5.07. The highest BCUT2D eigenvalue weighted by Crippen LogP contribution is 2.22. The van der Waals surface area contributed by atoms with Crippen LogP contribution in [0.25, 0.3) is 0 Å². The molecule has 3 N–H and O–H groups in total. The Labute approximate surface area is 123 Å². The maximum atomic E-state index is 11.7. The Bertz CT molecular complexity index is 504. The van der Waals surface area contributed by atoms with Gasteiger partial charge in [0, 0.05) is 5.92 Å². The highest BCUT2D eigenvalue weighted by atomic mass is 16.6. The van der Waals surface area contributed by atoms with Crippen LogP contribution in [0.5, 0.6) is 5.75 Å². The van der Waals surface area contributed by atoms with Crippen molar-refractivity contribution in [1.82, 2.24) is 5.32 Å². The van der Waals surface area contributed by atoms with Crippen LogP contribution in [-0.2, 0) is 9.53 Å². The molecule has 0 aliphatic rings. The number of hydrogen-bond donors (Lipinski definition) is 3. The second-order valence-electron chi connectivity index (χ2n) is 5.84. The monoisotopic (exact) mass is 295 g/mol. The van der Waals surface area contributed by atoms with Crippen LogP contribution in [-0.4, -0.2) is 33.9 Å². The van der Waals surface area contributed by atoms with Gasteiger partial charge in [-0.05, 0) is 38.5 Å². The normalized spacial score (nSPS) is 14.1. The summed E-state index contributed by atoms with van der Waals surface area (Å²) in [4.78, 5) is 23.1. The van der Waals surface area contributed by atoms with Crippen LogP contribution in [0.4, 0.5) is 4.79 Å². The molecule has 0 heterocycles. The SMILES string of the molecule is C[C@@H](c1ccc(O)cc1)[C@H](NC(=O)OC(C)(C)C)C(=O)O. The lowest BCUT2D eigenvalue weighted by atomic mass is 9.93. The van der Waals surface area contributed by atoms with Crippen molar-refractivity contribution in [1.29, 1.82) is 0 Å². The smallest absolute Gasteiger partial charge is 0.408 e. The number of phenols is 1. The van der Waals surface area contributed by atoms with Crippen molar-refractivity contribution in [3.63, 3.8) is 0 Å². The first-order valence-corrected chi connectivity index (χ1v) is 6.61. The Morgan fingerprint density at radius 3 is 2.14 bits per heavy atom. The third-order valence-corrected chi connectivity index (χ3v) is 2.86. The topological polar surface area (TPSA) is 95.9 Å². The molecule has 1 amide bonds. The Morgan fingerprint density at radius 1 is 1.19 bits per heavy atom. The molecule has 116 valence electrons. The lowest BCUT2D eigenvalue weighted by Crippen LogP contribution is -2.46. The molecule has 1 aromatic carbocycles. The molecule has 0 fully saturated rings. The van der Waals surface area contributed by atoms with Crippen LogP contribution >= 0.6 is 0 Å². The number of amides is 1. The average molecular weight is 295 g/mol. The Kier molecular flexibility index (Phi) is 5.18. The molecule has 0 aromatic heterocycles. The number of carbonyl (C=O) groups excluding carboxylic acids is 1. The highest BCUT2D eigenvalue weighted by molar-refractivity contribution is 5.81. The number of alkyl carbamates (subject to hydrolysis) is 1. The second-order valence-corrected chi connectivity index (χ2v) is 5.84. The zero-order chi connectivity index (χ0) is 16.2. The van der Waals surface area contributed by atoms with E-state index in [2.05, 4.69) is 5.32 Å². The number of aromatic hydroxyl groups is 1. The van der Waals surface area contributed by atoms with Gasteiger partial charge in [-0.3, -0.25) is 0 Å². The van der Waals surface area contributed by atoms with Crippen molar-refractivity contribution in [2.45, 2.75) is 45.3 Å². The Balaban J connectivity index is 2.84. The fourth-order valence-electron chi connectivity index (χ4n) is 1.81. The van der Waals surface area contributed by atoms with Gasteiger partial charge in [-0.15, -0.1) is 0 Å². The fraction of sp³-hybridized carbons (Fsp3) is 0.467. The summed E-state index contributed by atoms with van der Waals surface area (Å²) in [6.45, 7) is 6.78. The van der Waals surface area contributed by atoms with Gasteiger partial charge in [-0.2, -0.15) is 0 Å². The van der Waals surface area contributed by atoms with Crippen molar-refractivity contribution in [2.75, 3.05) is 0 Å². The summed E-state index contributed by atoms with van der Waals surface area (Å²) in [5, 5.41) is 20.9. The fourth-order valence-corrected chi connectivity index (χ4v) is 1.81. The number of carboxylic acids is 1. The van der Waals surface area contributed by atoms with Gasteiger partial charge in [0.1, 0.15) is 17.4 Å². The maximum absolute atomic E-state index is 11.7. The minimum Gasteiger partial charge on any atom is -0.508 e. The summed E-state index contributed by atoms with van der Waals surface area (Å²) in [7, 11) is 0. The molecular weight excluding hydrogens is 274 g/mol. The van der Waals surface area contributed by atoms with Crippen molar-refractivity contribution in [3.05, 3.63) is 29.8 Å². The van der Waals surface area contributed by atoms with E-state index in [1.54, 1.807) is 39.8 Å². The van der Waals surface area contributed by atoms with Crippen LogP contribution in [0.1, 0.15) is 39.2 Å². The van der Waals surface area contributed by atoms with Crippen molar-refractivity contribution >= 4 is 12.1 Å². The van der Waals surface area contributed by atoms with Crippen molar-refractivity contribution in [3.8, 4) is 5.75 Å². The largest absolute Gasteiger partial charge is 0.508 e. The Morgan fingerprint density at radius 2 is 1.71 bits per heavy atom. The van der Waals surface area contributed by atoms with Gasteiger partial charge in [0.05, 0.1) is 0 Å². The zero-order valence-corrected chi connectivity index (χ0v) is 12.6. The first-order valence-electron chi connectivity index (χ1n) is 6.61. The first kappa shape index (κ1) is 16.8. The molecule has 6 nitrogen and oxygen atoms in total. The van der Waals surface area contributed by atoms with E-state index in [0.29, 0.717) is 5.56 Å².